The molecule has 1 fully saturated rings. The average Bonchev–Trinajstić information content (AvgIpc) is 3.17. The molecule has 2 rings (SSSR count). The summed E-state index contributed by atoms with van der Waals surface area (Å²) in [5, 5.41) is 11.6. The van der Waals surface area contributed by atoms with Crippen molar-refractivity contribution < 1.29 is 19.1 Å². The smallest absolute Gasteiger partial charge is 0.326 e. The Morgan fingerprint density at radius 2 is 2.20 bits per heavy atom. The number of hydrogen-bond acceptors (Lipinski definition) is 4. The van der Waals surface area contributed by atoms with E-state index in [0.29, 0.717) is 23.9 Å². The first-order chi connectivity index (χ1) is 9.52. The van der Waals surface area contributed by atoms with Crippen molar-refractivity contribution >= 4 is 11.9 Å². The van der Waals surface area contributed by atoms with E-state index in [1.165, 1.54) is 0 Å². The summed E-state index contributed by atoms with van der Waals surface area (Å²) in [6.07, 6.45) is 4.12. The number of aryl methyl sites for hydroxylation is 1. The summed E-state index contributed by atoms with van der Waals surface area (Å²) in [4.78, 5) is 27.4. The van der Waals surface area contributed by atoms with Gasteiger partial charge in [0.2, 0.25) is 5.76 Å². The minimum absolute atomic E-state index is 0.134. The molecule has 1 aromatic rings. The summed E-state index contributed by atoms with van der Waals surface area (Å²) >= 11 is 0. The molecule has 0 bridgehead atoms. The van der Waals surface area contributed by atoms with Crippen molar-refractivity contribution in [1.82, 2.24) is 10.3 Å². The number of rotatable bonds is 7. The molecule has 1 saturated carbocycles. The van der Waals surface area contributed by atoms with Crippen LogP contribution in [0.3, 0.4) is 0 Å². The van der Waals surface area contributed by atoms with E-state index in [1.807, 2.05) is 6.92 Å². The van der Waals surface area contributed by atoms with Gasteiger partial charge in [0.25, 0.3) is 5.91 Å². The number of carboxylic acid groups (broad SMARTS) is 1. The Hall–Kier alpha value is -1.85. The number of nitrogens with zero attached hydrogens (tertiary/aromatic N) is 1. The summed E-state index contributed by atoms with van der Waals surface area (Å²) in [7, 11) is 0. The molecule has 2 N–H and O–H groups in total. The lowest BCUT2D eigenvalue weighted by Crippen LogP contribution is -2.40. The molecule has 1 aliphatic carbocycles. The van der Waals surface area contributed by atoms with Crippen LogP contribution < -0.4 is 5.32 Å². The van der Waals surface area contributed by atoms with Gasteiger partial charge in [-0.1, -0.05) is 19.8 Å². The zero-order valence-corrected chi connectivity index (χ0v) is 11.8. The summed E-state index contributed by atoms with van der Waals surface area (Å²) in [6, 6.07) is -0.878. The number of carboxylic acids is 1. The van der Waals surface area contributed by atoms with Crippen LogP contribution in [0.4, 0.5) is 0 Å². The number of aliphatic carboxylic acids is 1. The molecule has 1 amide bonds. The minimum Gasteiger partial charge on any atom is -0.480 e. The van der Waals surface area contributed by atoms with Gasteiger partial charge in [-0.05, 0) is 26.2 Å². The van der Waals surface area contributed by atoms with Gasteiger partial charge in [-0.25, -0.2) is 9.78 Å². The van der Waals surface area contributed by atoms with E-state index in [4.69, 9.17) is 9.52 Å². The van der Waals surface area contributed by atoms with E-state index >= 15 is 0 Å². The molecule has 6 nitrogen and oxygen atoms in total. The van der Waals surface area contributed by atoms with Crippen molar-refractivity contribution in [3.8, 4) is 0 Å². The molecule has 1 atom stereocenters. The zero-order valence-electron chi connectivity index (χ0n) is 11.8. The normalized spacial score (nSPS) is 15.9. The molecule has 0 spiro atoms. The quantitative estimate of drug-likeness (QED) is 0.799. The minimum atomic E-state index is -1.02. The lowest BCUT2D eigenvalue weighted by molar-refractivity contribution is -0.139. The van der Waals surface area contributed by atoms with Gasteiger partial charge in [0, 0.05) is 5.92 Å². The number of carbonyl (C=O) groups excluding carboxylic acids is 1. The van der Waals surface area contributed by atoms with Crippen molar-refractivity contribution in [2.24, 2.45) is 0 Å². The Kier molecular flexibility index (Phi) is 4.42. The second-order valence-corrected chi connectivity index (χ2v) is 5.25. The highest BCUT2D eigenvalue weighted by Gasteiger charge is 2.31. The van der Waals surface area contributed by atoms with E-state index in [1.54, 1.807) is 6.92 Å². The molecule has 1 heterocycles. The Morgan fingerprint density at radius 1 is 1.50 bits per heavy atom. The highest BCUT2D eigenvalue weighted by molar-refractivity contribution is 5.95. The Balaban J connectivity index is 2.03. The number of oxazole rings is 1. The number of amides is 1. The van der Waals surface area contributed by atoms with Crippen LogP contribution >= 0.6 is 0 Å². The van der Waals surface area contributed by atoms with E-state index in [9.17, 15) is 9.59 Å². The van der Waals surface area contributed by atoms with E-state index in [-0.39, 0.29) is 5.76 Å². The van der Waals surface area contributed by atoms with E-state index in [2.05, 4.69) is 10.3 Å². The molecule has 0 unspecified atom stereocenters. The third-order valence-electron chi connectivity index (χ3n) is 3.40. The maximum Gasteiger partial charge on any atom is 0.326 e. The van der Waals surface area contributed by atoms with Crippen molar-refractivity contribution in [2.45, 2.75) is 57.9 Å². The highest BCUT2D eigenvalue weighted by Crippen LogP contribution is 2.40. The molecule has 110 valence electrons. The SMILES string of the molecule is CCCC[C@H](NC(=O)c1oc(C2CC2)nc1C)C(=O)O. The average molecular weight is 280 g/mol. The lowest BCUT2D eigenvalue weighted by Gasteiger charge is -2.12. The highest BCUT2D eigenvalue weighted by atomic mass is 16.4. The van der Waals surface area contributed by atoms with Crippen molar-refractivity contribution in [3.05, 3.63) is 17.3 Å². The van der Waals surface area contributed by atoms with Crippen molar-refractivity contribution in [1.29, 1.82) is 0 Å². The predicted molar refractivity (Wildman–Crippen MR) is 71.6 cm³/mol. The Bertz CT molecular complexity index is 505. The Morgan fingerprint density at radius 3 is 2.75 bits per heavy atom. The molecular formula is C14H20N2O4. The van der Waals surface area contributed by atoms with E-state index < -0.39 is 17.9 Å². The first-order valence-corrected chi connectivity index (χ1v) is 7.04. The molecule has 0 saturated heterocycles. The third-order valence-corrected chi connectivity index (χ3v) is 3.40. The maximum absolute atomic E-state index is 12.1. The topological polar surface area (TPSA) is 92.4 Å². The zero-order chi connectivity index (χ0) is 14.7. The van der Waals surface area contributed by atoms with Crippen LogP contribution in [-0.2, 0) is 4.79 Å². The van der Waals surface area contributed by atoms with Crippen molar-refractivity contribution in [3.63, 3.8) is 0 Å². The molecule has 0 aromatic carbocycles. The summed E-state index contributed by atoms with van der Waals surface area (Å²) in [5.74, 6) is -0.467. The largest absolute Gasteiger partial charge is 0.480 e. The second kappa shape index (κ2) is 6.07. The molecule has 1 aromatic heterocycles. The summed E-state index contributed by atoms with van der Waals surface area (Å²) in [5.41, 5.74) is 0.518. The first kappa shape index (κ1) is 14.6. The fourth-order valence-corrected chi connectivity index (χ4v) is 2.02. The summed E-state index contributed by atoms with van der Waals surface area (Å²) in [6.45, 7) is 3.68. The molecule has 20 heavy (non-hydrogen) atoms. The fourth-order valence-electron chi connectivity index (χ4n) is 2.02. The molecular weight excluding hydrogens is 260 g/mol. The van der Waals surface area contributed by atoms with Gasteiger partial charge >= 0.3 is 5.97 Å². The van der Waals surface area contributed by atoms with Crippen LogP contribution in [0.1, 0.15) is 67.1 Å². The van der Waals surface area contributed by atoms with Gasteiger partial charge in [-0.3, -0.25) is 4.79 Å². The Labute approximate surface area is 117 Å². The molecule has 6 heteroatoms. The number of carbonyl (C=O) groups is 2. The van der Waals surface area contributed by atoms with Gasteiger partial charge in [0.15, 0.2) is 5.89 Å². The van der Waals surface area contributed by atoms with Crippen LogP contribution in [-0.4, -0.2) is 28.0 Å². The fraction of sp³-hybridized carbons (Fsp3) is 0.643. The van der Waals surface area contributed by atoms with Gasteiger partial charge in [0.05, 0.1) is 5.69 Å². The number of hydrogen-bond donors (Lipinski definition) is 2. The second-order valence-electron chi connectivity index (χ2n) is 5.25. The molecule has 0 aliphatic heterocycles. The number of nitrogens with one attached hydrogen (secondary N) is 1. The maximum atomic E-state index is 12.1. The lowest BCUT2D eigenvalue weighted by atomic mass is 10.1. The van der Waals surface area contributed by atoms with Crippen LogP contribution in [0, 0.1) is 6.92 Å². The summed E-state index contributed by atoms with van der Waals surface area (Å²) < 4.78 is 5.47. The molecule has 1 aliphatic rings. The third kappa shape index (κ3) is 3.37. The van der Waals surface area contributed by atoms with Crippen LogP contribution in [0.5, 0.6) is 0 Å². The molecule has 0 radical (unpaired) electrons. The monoisotopic (exact) mass is 280 g/mol. The van der Waals surface area contributed by atoms with Gasteiger partial charge in [-0.15, -0.1) is 0 Å². The van der Waals surface area contributed by atoms with Gasteiger partial charge < -0.3 is 14.8 Å². The first-order valence-electron chi connectivity index (χ1n) is 7.04. The van der Waals surface area contributed by atoms with Crippen molar-refractivity contribution in [2.75, 3.05) is 0 Å². The van der Waals surface area contributed by atoms with Crippen LogP contribution in [0.2, 0.25) is 0 Å². The van der Waals surface area contributed by atoms with Crippen LogP contribution in [0.15, 0.2) is 4.42 Å². The van der Waals surface area contributed by atoms with Gasteiger partial charge in [0.1, 0.15) is 6.04 Å². The number of unbranched alkanes of at least 4 members (excludes halogenated alkanes) is 1. The van der Waals surface area contributed by atoms with E-state index in [0.717, 1.165) is 25.7 Å². The standard InChI is InChI=1S/C14H20N2O4/c1-3-4-5-10(14(18)19)16-12(17)11-8(2)15-13(20-11)9-6-7-9/h9-10H,3-7H2,1-2H3,(H,16,17)(H,18,19)/t10-/m0/s1. The number of aromatic nitrogens is 1. The van der Waals surface area contributed by atoms with Gasteiger partial charge in [-0.2, -0.15) is 0 Å². The predicted octanol–water partition coefficient (Wildman–Crippen LogP) is 2.23. The van der Waals surface area contributed by atoms with Crippen LogP contribution in [0.25, 0.3) is 0 Å².